The Labute approximate surface area is 121 Å². The van der Waals surface area contributed by atoms with Crippen molar-refractivity contribution in [1.82, 2.24) is 15.2 Å². The molecule has 0 radical (unpaired) electrons. The van der Waals surface area contributed by atoms with Crippen LogP contribution < -0.4 is 11.3 Å². The summed E-state index contributed by atoms with van der Waals surface area (Å²) in [5.41, 5.74) is 6.59. The van der Waals surface area contributed by atoms with E-state index in [1.54, 1.807) is 0 Å². The fourth-order valence-corrected chi connectivity index (χ4v) is 2.26. The lowest BCUT2D eigenvalue weighted by Crippen LogP contribution is -2.28. The molecule has 0 bridgehead atoms. The van der Waals surface area contributed by atoms with Crippen LogP contribution in [0.3, 0.4) is 0 Å². The number of hydrazine groups is 1. The van der Waals surface area contributed by atoms with Crippen molar-refractivity contribution in [3.8, 4) is 0 Å². The van der Waals surface area contributed by atoms with Gasteiger partial charge in [-0.1, -0.05) is 45.0 Å². The van der Waals surface area contributed by atoms with Crippen LogP contribution in [0.5, 0.6) is 0 Å². The van der Waals surface area contributed by atoms with Crippen LogP contribution in [0.2, 0.25) is 0 Å². The van der Waals surface area contributed by atoms with Gasteiger partial charge < -0.3 is 0 Å². The topological polar surface area (TPSA) is 55.9 Å². The van der Waals surface area contributed by atoms with Crippen molar-refractivity contribution in [3.63, 3.8) is 0 Å². The first kappa shape index (κ1) is 14.8. The summed E-state index contributed by atoms with van der Waals surface area (Å²) >= 11 is 0. The fraction of sp³-hybridized carbons (Fsp3) is 0.438. The van der Waals surface area contributed by atoms with Crippen molar-refractivity contribution in [1.29, 1.82) is 0 Å². The number of nitrogens with two attached hydrogens (primary N) is 1. The van der Waals surface area contributed by atoms with Crippen LogP contribution in [0.15, 0.2) is 36.7 Å². The molecule has 0 fully saturated rings. The Bertz CT molecular complexity index is 549. The van der Waals surface area contributed by atoms with E-state index in [1.807, 2.05) is 17.1 Å². The average molecular weight is 272 g/mol. The Morgan fingerprint density at radius 2 is 1.85 bits per heavy atom. The van der Waals surface area contributed by atoms with Crippen LogP contribution in [0.1, 0.15) is 50.4 Å². The zero-order chi connectivity index (χ0) is 14.8. The van der Waals surface area contributed by atoms with Gasteiger partial charge in [-0.2, -0.15) is 5.10 Å². The van der Waals surface area contributed by atoms with E-state index in [9.17, 15) is 0 Å². The van der Waals surface area contributed by atoms with Crippen LogP contribution in [-0.2, 0) is 12.0 Å². The summed E-state index contributed by atoms with van der Waals surface area (Å²) in [7, 11) is 0. The van der Waals surface area contributed by atoms with Gasteiger partial charge in [-0.25, -0.2) is 5.43 Å². The van der Waals surface area contributed by atoms with Crippen molar-refractivity contribution < 1.29 is 0 Å². The zero-order valence-electron chi connectivity index (χ0n) is 12.7. The van der Waals surface area contributed by atoms with E-state index in [0.29, 0.717) is 0 Å². The van der Waals surface area contributed by atoms with Crippen molar-refractivity contribution in [2.24, 2.45) is 5.84 Å². The van der Waals surface area contributed by atoms with Gasteiger partial charge in [-0.3, -0.25) is 10.5 Å². The van der Waals surface area contributed by atoms with Crippen LogP contribution in [-0.4, -0.2) is 9.78 Å². The average Bonchev–Trinajstić information content (AvgIpc) is 2.88. The predicted molar refractivity (Wildman–Crippen MR) is 82.2 cm³/mol. The van der Waals surface area contributed by atoms with E-state index in [-0.39, 0.29) is 11.5 Å². The van der Waals surface area contributed by atoms with E-state index in [0.717, 1.165) is 17.7 Å². The Morgan fingerprint density at radius 1 is 1.20 bits per heavy atom. The van der Waals surface area contributed by atoms with E-state index in [4.69, 9.17) is 5.84 Å². The van der Waals surface area contributed by atoms with Crippen molar-refractivity contribution in [2.45, 2.75) is 45.7 Å². The first-order valence-electron chi connectivity index (χ1n) is 7.04. The molecule has 1 heterocycles. The highest BCUT2D eigenvalue weighted by Crippen LogP contribution is 2.26. The lowest BCUT2D eigenvalue weighted by Gasteiger charge is -2.21. The third-order valence-electron chi connectivity index (χ3n) is 3.59. The summed E-state index contributed by atoms with van der Waals surface area (Å²) in [5, 5.41) is 4.31. The van der Waals surface area contributed by atoms with E-state index in [1.165, 1.54) is 5.56 Å². The molecule has 1 atom stereocenters. The first-order chi connectivity index (χ1) is 9.45. The number of aryl methyl sites for hydroxylation is 1. The Morgan fingerprint density at radius 3 is 2.30 bits per heavy atom. The number of aromatic nitrogens is 2. The van der Waals surface area contributed by atoms with Gasteiger partial charge in [0.15, 0.2) is 0 Å². The highest BCUT2D eigenvalue weighted by atomic mass is 15.3. The summed E-state index contributed by atoms with van der Waals surface area (Å²) < 4.78 is 1.91. The molecule has 2 rings (SSSR count). The Hall–Kier alpha value is -1.65. The van der Waals surface area contributed by atoms with Gasteiger partial charge in [-0.15, -0.1) is 0 Å². The molecule has 20 heavy (non-hydrogen) atoms. The molecule has 0 saturated carbocycles. The minimum atomic E-state index is -0.0238. The van der Waals surface area contributed by atoms with Crippen molar-refractivity contribution in [2.75, 3.05) is 0 Å². The highest BCUT2D eigenvalue weighted by molar-refractivity contribution is 5.33. The molecule has 4 nitrogen and oxygen atoms in total. The SMILES string of the molecule is CCn1cc(C(NN)c2ccc(C(C)(C)C)cc2)cn1. The van der Waals surface area contributed by atoms with Crippen molar-refractivity contribution in [3.05, 3.63) is 53.3 Å². The fourth-order valence-electron chi connectivity index (χ4n) is 2.26. The maximum Gasteiger partial charge on any atom is 0.0740 e. The summed E-state index contributed by atoms with van der Waals surface area (Å²) in [6.45, 7) is 9.57. The van der Waals surface area contributed by atoms with Crippen molar-refractivity contribution >= 4 is 0 Å². The largest absolute Gasteiger partial charge is 0.273 e. The Balaban J connectivity index is 2.28. The molecule has 0 saturated heterocycles. The van der Waals surface area contributed by atoms with Gasteiger partial charge in [0.25, 0.3) is 0 Å². The molecule has 1 aromatic heterocycles. The standard InChI is InChI=1S/C16H24N4/c1-5-20-11-13(10-18-20)15(19-17)12-6-8-14(9-7-12)16(2,3)4/h6-11,15,19H,5,17H2,1-4H3. The highest BCUT2D eigenvalue weighted by Gasteiger charge is 2.17. The molecule has 108 valence electrons. The van der Waals surface area contributed by atoms with Gasteiger partial charge in [-0.05, 0) is 23.5 Å². The summed E-state index contributed by atoms with van der Waals surface area (Å²) in [4.78, 5) is 0. The monoisotopic (exact) mass is 272 g/mol. The molecule has 0 aliphatic carbocycles. The first-order valence-corrected chi connectivity index (χ1v) is 7.04. The normalized spacial score (nSPS) is 13.4. The molecule has 0 aliphatic rings. The van der Waals surface area contributed by atoms with Gasteiger partial charge in [0.2, 0.25) is 0 Å². The van der Waals surface area contributed by atoms with E-state index in [2.05, 4.69) is 62.5 Å². The lowest BCUT2D eigenvalue weighted by molar-refractivity contribution is 0.588. The third-order valence-corrected chi connectivity index (χ3v) is 3.59. The van der Waals surface area contributed by atoms with Crippen LogP contribution in [0.4, 0.5) is 0 Å². The summed E-state index contributed by atoms with van der Waals surface area (Å²) in [6.07, 6.45) is 3.90. The van der Waals surface area contributed by atoms with Gasteiger partial charge in [0, 0.05) is 18.3 Å². The predicted octanol–water partition coefficient (Wildman–Crippen LogP) is 2.75. The molecule has 2 aromatic rings. The molecule has 0 amide bonds. The summed E-state index contributed by atoms with van der Waals surface area (Å²) in [6, 6.07) is 8.58. The Kier molecular flexibility index (Phi) is 4.26. The number of nitrogens with zero attached hydrogens (tertiary/aromatic N) is 2. The molecule has 1 aromatic carbocycles. The zero-order valence-corrected chi connectivity index (χ0v) is 12.7. The number of hydrogen-bond donors (Lipinski definition) is 2. The molecule has 0 spiro atoms. The van der Waals surface area contributed by atoms with Gasteiger partial charge >= 0.3 is 0 Å². The molecule has 1 unspecified atom stereocenters. The maximum atomic E-state index is 5.72. The number of nitrogens with one attached hydrogen (secondary N) is 1. The molecule has 0 aliphatic heterocycles. The molecular formula is C16H24N4. The van der Waals surface area contributed by atoms with Crippen LogP contribution in [0, 0.1) is 0 Å². The van der Waals surface area contributed by atoms with Crippen LogP contribution >= 0.6 is 0 Å². The second kappa shape index (κ2) is 5.77. The number of hydrogen-bond acceptors (Lipinski definition) is 3. The number of benzene rings is 1. The second-order valence-electron chi connectivity index (χ2n) is 6.10. The number of rotatable bonds is 4. The molecule has 3 N–H and O–H groups in total. The maximum absolute atomic E-state index is 5.72. The minimum absolute atomic E-state index is 0.0238. The lowest BCUT2D eigenvalue weighted by atomic mass is 9.86. The molecule has 4 heteroatoms. The summed E-state index contributed by atoms with van der Waals surface area (Å²) in [5.74, 6) is 5.72. The smallest absolute Gasteiger partial charge is 0.0740 e. The quantitative estimate of drug-likeness (QED) is 0.664. The second-order valence-corrected chi connectivity index (χ2v) is 6.10. The van der Waals surface area contributed by atoms with E-state index >= 15 is 0 Å². The van der Waals surface area contributed by atoms with E-state index < -0.39 is 0 Å². The molecular weight excluding hydrogens is 248 g/mol. The minimum Gasteiger partial charge on any atom is -0.273 e. The third kappa shape index (κ3) is 3.08. The van der Waals surface area contributed by atoms with Crippen LogP contribution in [0.25, 0.3) is 0 Å². The van der Waals surface area contributed by atoms with Gasteiger partial charge in [0.1, 0.15) is 0 Å². The van der Waals surface area contributed by atoms with Gasteiger partial charge in [0.05, 0.1) is 12.2 Å².